The Morgan fingerprint density at radius 3 is 2.55 bits per heavy atom. The van der Waals surface area contributed by atoms with Gasteiger partial charge in [0, 0.05) is 43.2 Å². The zero-order valence-corrected chi connectivity index (χ0v) is 17.2. The predicted octanol–water partition coefficient (Wildman–Crippen LogP) is 3.48. The number of carboxylic acids is 1. The smallest absolute Gasteiger partial charge is 0.303 e. The lowest BCUT2D eigenvalue weighted by Crippen LogP contribution is -2.49. The highest BCUT2D eigenvalue weighted by Gasteiger charge is 2.36. The topological polar surface area (TPSA) is 79.6 Å². The van der Waals surface area contributed by atoms with Crippen LogP contribution in [0, 0.1) is 5.92 Å². The fourth-order valence-electron chi connectivity index (χ4n) is 5.10. The molecule has 158 valence electrons. The number of nitrogens with zero attached hydrogens (tertiary/aromatic N) is 2. The van der Waals surface area contributed by atoms with Gasteiger partial charge in [-0.15, -0.1) is 0 Å². The molecular weight excluding hydrogens is 392 g/mol. The summed E-state index contributed by atoms with van der Waals surface area (Å²) in [7, 11) is 0. The first-order valence-corrected chi connectivity index (χ1v) is 10.7. The van der Waals surface area contributed by atoms with Gasteiger partial charge in [0.25, 0.3) is 5.56 Å². The number of carboxylic acid groups (broad SMARTS) is 1. The van der Waals surface area contributed by atoms with Crippen LogP contribution in [0.1, 0.15) is 30.9 Å². The highest BCUT2D eigenvalue weighted by Crippen LogP contribution is 2.36. The fourth-order valence-corrected chi connectivity index (χ4v) is 5.10. The minimum Gasteiger partial charge on any atom is -0.481 e. The normalized spacial score (nSPS) is 19.8. The highest BCUT2D eigenvalue weighted by molar-refractivity contribution is 5.87. The molecule has 0 aliphatic carbocycles. The number of carbonyl (C=O) groups is 2. The number of carbonyl (C=O) groups excluding carboxylic acids is 1. The molecule has 2 aromatic carbocycles. The van der Waals surface area contributed by atoms with Crippen LogP contribution in [0.4, 0.5) is 0 Å². The van der Waals surface area contributed by atoms with Crippen molar-refractivity contribution in [1.82, 2.24) is 9.47 Å². The van der Waals surface area contributed by atoms with Crippen LogP contribution in [-0.4, -0.2) is 39.5 Å². The van der Waals surface area contributed by atoms with Gasteiger partial charge in [-0.25, -0.2) is 0 Å². The quantitative estimate of drug-likeness (QED) is 0.706. The van der Waals surface area contributed by atoms with Gasteiger partial charge >= 0.3 is 5.97 Å². The van der Waals surface area contributed by atoms with Gasteiger partial charge in [-0.2, -0.15) is 0 Å². The Labute approximate surface area is 179 Å². The number of amides is 1. The SMILES string of the molecule is O=C(O)CCC(=O)N1C[C@@H]2C[C@H](C1)c1ccc(-c3ccc4ccccc4c3)c(=O)n1C2. The van der Waals surface area contributed by atoms with Crippen molar-refractivity contribution in [3.8, 4) is 11.1 Å². The molecule has 6 nitrogen and oxygen atoms in total. The molecule has 2 aliphatic heterocycles. The molecule has 1 saturated heterocycles. The van der Waals surface area contributed by atoms with Gasteiger partial charge in [0.15, 0.2) is 0 Å². The van der Waals surface area contributed by atoms with Crippen LogP contribution in [0.2, 0.25) is 0 Å². The molecule has 0 spiro atoms. The summed E-state index contributed by atoms with van der Waals surface area (Å²) in [5.74, 6) is -0.742. The molecule has 5 rings (SSSR count). The van der Waals surface area contributed by atoms with Crippen molar-refractivity contribution in [2.24, 2.45) is 5.92 Å². The standard InChI is InChI=1S/C25H24N2O4/c28-23(9-10-24(29)30)26-13-16-11-20(15-26)22-8-7-21(25(31)27(22)14-16)19-6-5-17-3-1-2-4-18(17)12-19/h1-8,12,16,20H,9-11,13-15H2,(H,29,30)/t16-,20+/m0/s1. The number of likely N-dealkylation sites (tertiary alicyclic amines) is 1. The van der Waals surface area contributed by atoms with Crippen LogP contribution in [0.5, 0.6) is 0 Å². The van der Waals surface area contributed by atoms with Gasteiger partial charge in [0.05, 0.1) is 6.42 Å². The molecule has 6 heteroatoms. The molecule has 31 heavy (non-hydrogen) atoms. The third kappa shape index (κ3) is 3.63. The molecule has 3 aromatic rings. The lowest BCUT2D eigenvalue weighted by molar-refractivity contribution is -0.141. The minimum absolute atomic E-state index is 0.0214. The molecule has 1 fully saturated rings. The largest absolute Gasteiger partial charge is 0.481 e. The van der Waals surface area contributed by atoms with E-state index in [2.05, 4.69) is 18.2 Å². The van der Waals surface area contributed by atoms with E-state index >= 15 is 0 Å². The number of benzene rings is 2. The van der Waals surface area contributed by atoms with Gasteiger partial charge in [-0.1, -0.05) is 36.4 Å². The summed E-state index contributed by atoms with van der Waals surface area (Å²) < 4.78 is 1.89. The van der Waals surface area contributed by atoms with E-state index in [1.165, 1.54) is 0 Å². The summed E-state index contributed by atoms with van der Waals surface area (Å²) in [6.45, 7) is 1.72. The van der Waals surface area contributed by atoms with Crippen LogP contribution in [0.25, 0.3) is 21.9 Å². The molecule has 2 aliphatic rings. The summed E-state index contributed by atoms with van der Waals surface area (Å²) in [6, 6.07) is 18.1. The maximum absolute atomic E-state index is 13.4. The summed E-state index contributed by atoms with van der Waals surface area (Å²) in [6.07, 6.45) is 0.843. The Balaban J connectivity index is 1.45. The summed E-state index contributed by atoms with van der Waals surface area (Å²) >= 11 is 0. The summed E-state index contributed by atoms with van der Waals surface area (Å²) in [5.41, 5.74) is 2.61. The number of aliphatic carboxylic acids is 1. The Morgan fingerprint density at radius 2 is 1.74 bits per heavy atom. The van der Waals surface area contributed by atoms with Gasteiger partial charge in [-0.05, 0) is 46.9 Å². The van der Waals surface area contributed by atoms with Crippen molar-refractivity contribution in [3.63, 3.8) is 0 Å². The van der Waals surface area contributed by atoms with Crippen LogP contribution in [0.15, 0.2) is 59.4 Å². The minimum atomic E-state index is -0.955. The molecule has 1 amide bonds. The second-order valence-corrected chi connectivity index (χ2v) is 8.64. The first-order valence-electron chi connectivity index (χ1n) is 10.7. The first-order chi connectivity index (χ1) is 15.0. The van der Waals surface area contributed by atoms with Gasteiger partial charge in [0.2, 0.25) is 5.91 Å². The van der Waals surface area contributed by atoms with Crippen LogP contribution in [0.3, 0.4) is 0 Å². The maximum Gasteiger partial charge on any atom is 0.303 e. The van der Waals surface area contributed by atoms with Crippen molar-refractivity contribution >= 4 is 22.6 Å². The van der Waals surface area contributed by atoms with Crippen molar-refractivity contribution in [1.29, 1.82) is 0 Å². The zero-order chi connectivity index (χ0) is 21.5. The molecule has 3 heterocycles. The number of pyridine rings is 1. The van der Waals surface area contributed by atoms with Crippen LogP contribution in [-0.2, 0) is 16.1 Å². The van der Waals surface area contributed by atoms with E-state index in [1.807, 2.05) is 41.0 Å². The molecule has 2 atom stereocenters. The van der Waals surface area contributed by atoms with Crippen molar-refractivity contribution in [2.45, 2.75) is 31.7 Å². The third-order valence-corrected chi connectivity index (χ3v) is 6.57. The van der Waals surface area contributed by atoms with E-state index in [9.17, 15) is 14.4 Å². The summed E-state index contributed by atoms with van der Waals surface area (Å²) in [4.78, 5) is 38.4. The highest BCUT2D eigenvalue weighted by atomic mass is 16.4. The lowest BCUT2D eigenvalue weighted by Gasteiger charge is -2.43. The average molecular weight is 416 g/mol. The Morgan fingerprint density at radius 1 is 0.935 bits per heavy atom. The number of fused-ring (bicyclic) bond motifs is 5. The third-order valence-electron chi connectivity index (χ3n) is 6.57. The molecule has 0 saturated carbocycles. The number of aromatic nitrogens is 1. The molecule has 1 N–H and O–H groups in total. The predicted molar refractivity (Wildman–Crippen MR) is 118 cm³/mol. The first kappa shape index (κ1) is 19.5. The van der Waals surface area contributed by atoms with E-state index in [4.69, 9.17) is 5.11 Å². The number of rotatable bonds is 4. The maximum atomic E-state index is 13.4. The number of piperidine rings is 1. The van der Waals surface area contributed by atoms with Crippen molar-refractivity contribution in [3.05, 3.63) is 70.6 Å². The van der Waals surface area contributed by atoms with E-state index < -0.39 is 5.97 Å². The van der Waals surface area contributed by atoms with E-state index in [-0.39, 0.29) is 36.1 Å². The van der Waals surface area contributed by atoms with Crippen LogP contribution < -0.4 is 5.56 Å². The van der Waals surface area contributed by atoms with Gasteiger partial charge in [0.1, 0.15) is 0 Å². The van der Waals surface area contributed by atoms with E-state index in [0.717, 1.165) is 28.5 Å². The Kier molecular flexibility index (Phi) is 4.85. The average Bonchev–Trinajstić information content (AvgIpc) is 2.77. The van der Waals surface area contributed by atoms with E-state index in [1.54, 1.807) is 4.90 Å². The Bertz CT molecular complexity index is 1250. The fraction of sp³-hybridized carbons (Fsp3) is 0.320. The molecule has 1 aromatic heterocycles. The van der Waals surface area contributed by atoms with Gasteiger partial charge < -0.3 is 14.6 Å². The molecule has 0 unspecified atom stereocenters. The lowest BCUT2D eigenvalue weighted by atomic mass is 9.82. The van der Waals surface area contributed by atoms with Gasteiger partial charge in [-0.3, -0.25) is 14.4 Å². The van der Waals surface area contributed by atoms with E-state index in [0.29, 0.717) is 25.2 Å². The molecular formula is C25H24N2O4. The Hall–Kier alpha value is -3.41. The van der Waals surface area contributed by atoms with Crippen LogP contribution >= 0.6 is 0 Å². The van der Waals surface area contributed by atoms with Crippen molar-refractivity contribution in [2.75, 3.05) is 13.1 Å². The second-order valence-electron chi connectivity index (χ2n) is 8.64. The monoisotopic (exact) mass is 416 g/mol. The second kappa shape index (κ2) is 7.69. The van der Waals surface area contributed by atoms with Crippen molar-refractivity contribution < 1.29 is 14.7 Å². The number of hydrogen-bond acceptors (Lipinski definition) is 3. The zero-order valence-electron chi connectivity index (χ0n) is 17.2. The summed E-state index contributed by atoms with van der Waals surface area (Å²) in [5, 5.41) is 11.1. The molecule has 0 radical (unpaired) electrons. The number of hydrogen-bond donors (Lipinski definition) is 1. The molecule has 2 bridgehead atoms.